The zero-order valence-corrected chi connectivity index (χ0v) is 10.7. The summed E-state index contributed by atoms with van der Waals surface area (Å²) in [6, 6.07) is 8.19. The number of halogens is 1. The van der Waals surface area contributed by atoms with Crippen LogP contribution in [0.2, 0.25) is 0 Å². The van der Waals surface area contributed by atoms with E-state index in [4.69, 9.17) is 0 Å². The number of anilines is 1. The number of nitrogens with zero attached hydrogens (tertiary/aromatic N) is 2. The SMILES string of the molecule is CCn1ccnc1NCc1ccccc1Br. The monoisotopic (exact) mass is 279 g/mol. The Balaban J connectivity index is 2.05. The van der Waals surface area contributed by atoms with Crippen molar-refractivity contribution in [3.8, 4) is 0 Å². The molecule has 1 aromatic heterocycles. The van der Waals surface area contributed by atoms with Gasteiger partial charge in [0.2, 0.25) is 5.95 Å². The summed E-state index contributed by atoms with van der Waals surface area (Å²) in [4.78, 5) is 4.27. The first-order chi connectivity index (χ1) is 7.81. The number of rotatable bonds is 4. The first kappa shape index (κ1) is 11.2. The van der Waals surface area contributed by atoms with Gasteiger partial charge in [0.25, 0.3) is 0 Å². The van der Waals surface area contributed by atoms with Crippen molar-refractivity contribution in [2.75, 3.05) is 5.32 Å². The van der Waals surface area contributed by atoms with Crippen LogP contribution < -0.4 is 5.32 Å². The van der Waals surface area contributed by atoms with E-state index in [2.05, 4.69) is 43.8 Å². The molecular formula is C12H14BrN3. The first-order valence-electron chi connectivity index (χ1n) is 5.29. The van der Waals surface area contributed by atoms with Crippen molar-refractivity contribution in [2.24, 2.45) is 0 Å². The van der Waals surface area contributed by atoms with E-state index in [0.717, 1.165) is 23.5 Å². The van der Waals surface area contributed by atoms with Crippen LogP contribution in [0.3, 0.4) is 0 Å². The molecule has 0 aliphatic heterocycles. The maximum Gasteiger partial charge on any atom is 0.203 e. The number of nitrogens with one attached hydrogen (secondary N) is 1. The molecule has 0 aliphatic rings. The summed E-state index contributed by atoms with van der Waals surface area (Å²) in [6.07, 6.45) is 3.79. The average Bonchev–Trinajstić information content (AvgIpc) is 2.75. The molecular weight excluding hydrogens is 266 g/mol. The summed E-state index contributed by atoms with van der Waals surface area (Å²) in [5.74, 6) is 0.915. The molecule has 0 radical (unpaired) electrons. The standard InChI is InChI=1S/C12H14BrN3/c1-2-16-8-7-14-12(16)15-9-10-5-3-4-6-11(10)13/h3-8H,2,9H2,1H3,(H,14,15). The third-order valence-corrected chi connectivity index (χ3v) is 3.22. The minimum Gasteiger partial charge on any atom is -0.352 e. The van der Waals surface area contributed by atoms with Gasteiger partial charge in [-0.05, 0) is 18.6 Å². The third-order valence-electron chi connectivity index (χ3n) is 2.45. The molecule has 0 atom stereocenters. The number of hydrogen-bond donors (Lipinski definition) is 1. The minimum absolute atomic E-state index is 0.776. The van der Waals surface area contributed by atoms with Crippen molar-refractivity contribution >= 4 is 21.9 Å². The van der Waals surface area contributed by atoms with Gasteiger partial charge in [-0.25, -0.2) is 4.98 Å². The fourth-order valence-corrected chi connectivity index (χ4v) is 1.97. The van der Waals surface area contributed by atoms with Gasteiger partial charge in [-0.2, -0.15) is 0 Å². The molecule has 0 saturated heterocycles. The number of hydrogen-bond acceptors (Lipinski definition) is 2. The molecule has 84 valence electrons. The predicted octanol–water partition coefficient (Wildman–Crippen LogP) is 3.28. The molecule has 4 heteroatoms. The van der Waals surface area contributed by atoms with Crippen LogP contribution in [0.25, 0.3) is 0 Å². The van der Waals surface area contributed by atoms with Gasteiger partial charge in [-0.15, -0.1) is 0 Å². The largest absolute Gasteiger partial charge is 0.352 e. The Labute approximate surface area is 104 Å². The van der Waals surface area contributed by atoms with Crippen LogP contribution in [-0.2, 0) is 13.1 Å². The highest BCUT2D eigenvalue weighted by Crippen LogP contribution is 2.17. The van der Waals surface area contributed by atoms with Gasteiger partial charge in [0.05, 0.1) is 0 Å². The van der Waals surface area contributed by atoms with E-state index in [0.29, 0.717) is 0 Å². The van der Waals surface area contributed by atoms with Crippen LogP contribution in [0.15, 0.2) is 41.1 Å². The number of benzene rings is 1. The van der Waals surface area contributed by atoms with Crippen molar-refractivity contribution < 1.29 is 0 Å². The molecule has 1 N–H and O–H groups in total. The van der Waals surface area contributed by atoms with Crippen molar-refractivity contribution in [1.29, 1.82) is 0 Å². The second-order valence-corrected chi connectivity index (χ2v) is 4.34. The number of aromatic nitrogens is 2. The van der Waals surface area contributed by atoms with Gasteiger partial charge in [-0.3, -0.25) is 0 Å². The summed E-state index contributed by atoms with van der Waals surface area (Å²) < 4.78 is 3.20. The normalized spacial score (nSPS) is 10.4. The number of imidazole rings is 1. The Bertz CT molecular complexity index is 465. The molecule has 0 amide bonds. The summed E-state index contributed by atoms with van der Waals surface area (Å²) in [5.41, 5.74) is 1.23. The highest BCUT2D eigenvalue weighted by atomic mass is 79.9. The highest BCUT2D eigenvalue weighted by Gasteiger charge is 2.02. The van der Waals surface area contributed by atoms with Crippen molar-refractivity contribution in [3.05, 3.63) is 46.7 Å². The van der Waals surface area contributed by atoms with Crippen molar-refractivity contribution in [3.63, 3.8) is 0 Å². The third kappa shape index (κ3) is 2.44. The zero-order chi connectivity index (χ0) is 11.4. The van der Waals surface area contributed by atoms with E-state index in [-0.39, 0.29) is 0 Å². The van der Waals surface area contributed by atoms with E-state index in [1.54, 1.807) is 0 Å². The highest BCUT2D eigenvalue weighted by molar-refractivity contribution is 9.10. The summed E-state index contributed by atoms with van der Waals surface area (Å²) in [7, 11) is 0. The van der Waals surface area contributed by atoms with Crippen molar-refractivity contribution in [2.45, 2.75) is 20.0 Å². The van der Waals surface area contributed by atoms with Gasteiger partial charge in [0.15, 0.2) is 0 Å². The summed E-state index contributed by atoms with van der Waals surface area (Å²) in [6.45, 7) is 3.81. The lowest BCUT2D eigenvalue weighted by Gasteiger charge is -2.08. The lowest BCUT2D eigenvalue weighted by molar-refractivity contribution is 0.763. The van der Waals surface area contributed by atoms with Crippen LogP contribution >= 0.6 is 15.9 Å². The maximum atomic E-state index is 4.27. The molecule has 0 aliphatic carbocycles. The molecule has 1 heterocycles. The van der Waals surface area contributed by atoms with Gasteiger partial charge in [0.1, 0.15) is 0 Å². The Kier molecular flexibility index (Phi) is 3.62. The smallest absolute Gasteiger partial charge is 0.203 e. The molecule has 3 nitrogen and oxygen atoms in total. The Morgan fingerprint density at radius 1 is 1.38 bits per heavy atom. The van der Waals surface area contributed by atoms with E-state index in [1.807, 2.05) is 30.6 Å². The van der Waals surface area contributed by atoms with Gasteiger partial charge >= 0.3 is 0 Å². The number of aryl methyl sites for hydroxylation is 1. The predicted molar refractivity (Wildman–Crippen MR) is 69.4 cm³/mol. The van der Waals surface area contributed by atoms with Crippen molar-refractivity contribution in [1.82, 2.24) is 9.55 Å². The van der Waals surface area contributed by atoms with Crippen LogP contribution in [0.5, 0.6) is 0 Å². The molecule has 1 aromatic carbocycles. The first-order valence-corrected chi connectivity index (χ1v) is 6.09. The molecule has 0 fully saturated rings. The van der Waals surface area contributed by atoms with Gasteiger partial charge in [0, 0.05) is 30.0 Å². The van der Waals surface area contributed by atoms with E-state index in [1.165, 1.54) is 5.56 Å². The fourth-order valence-electron chi connectivity index (χ4n) is 1.55. The van der Waals surface area contributed by atoms with Crippen LogP contribution in [0.1, 0.15) is 12.5 Å². The van der Waals surface area contributed by atoms with E-state index in [9.17, 15) is 0 Å². The molecule has 0 saturated carbocycles. The molecule has 0 spiro atoms. The second-order valence-electron chi connectivity index (χ2n) is 3.48. The molecule has 0 unspecified atom stereocenters. The van der Waals surface area contributed by atoms with Gasteiger partial charge in [-0.1, -0.05) is 34.1 Å². The zero-order valence-electron chi connectivity index (χ0n) is 9.15. The quantitative estimate of drug-likeness (QED) is 0.931. The van der Waals surface area contributed by atoms with Crippen LogP contribution in [0, 0.1) is 0 Å². The van der Waals surface area contributed by atoms with E-state index < -0.39 is 0 Å². The summed E-state index contributed by atoms with van der Waals surface area (Å²) >= 11 is 3.53. The average molecular weight is 280 g/mol. The van der Waals surface area contributed by atoms with Crippen LogP contribution in [-0.4, -0.2) is 9.55 Å². The fraction of sp³-hybridized carbons (Fsp3) is 0.250. The molecule has 16 heavy (non-hydrogen) atoms. The van der Waals surface area contributed by atoms with Gasteiger partial charge < -0.3 is 9.88 Å². The minimum atomic E-state index is 0.776. The lowest BCUT2D eigenvalue weighted by Crippen LogP contribution is -2.06. The maximum absolute atomic E-state index is 4.27. The van der Waals surface area contributed by atoms with E-state index >= 15 is 0 Å². The second kappa shape index (κ2) is 5.16. The Morgan fingerprint density at radius 3 is 2.94 bits per heavy atom. The molecule has 2 rings (SSSR count). The molecule has 2 aromatic rings. The lowest BCUT2D eigenvalue weighted by atomic mass is 10.2. The van der Waals surface area contributed by atoms with Crippen LogP contribution in [0.4, 0.5) is 5.95 Å². The molecule has 0 bridgehead atoms. The Hall–Kier alpha value is -1.29. The Morgan fingerprint density at radius 2 is 2.19 bits per heavy atom. The topological polar surface area (TPSA) is 29.9 Å². The summed E-state index contributed by atoms with van der Waals surface area (Å²) in [5, 5.41) is 3.32.